The van der Waals surface area contributed by atoms with Crippen LogP contribution >= 0.6 is 0 Å². The van der Waals surface area contributed by atoms with Crippen LogP contribution in [0.1, 0.15) is 12.0 Å². The summed E-state index contributed by atoms with van der Waals surface area (Å²) < 4.78 is 5.72. The molecule has 0 bridgehead atoms. The normalized spacial score (nSPS) is 10.8. The highest BCUT2D eigenvalue weighted by Gasteiger charge is 1.95. The molecule has 3 heteroatoms. The molecule has 0 spiro atoms. The van der Waals surface area contributed by atoms with Crippen LogP contribution in [0.15, 0.2) is 60.7 Å². The van der Waals surface area contributed by atoms with Gasteiger partial charge in [-0.1, -0.05) is 42.5 Å². The molecule has 3 nitrogen and oxygen atoms in total. The molecule has 0 atom stereocenters. The van der Waals surface area contributed by atoms with Crippen molar-refractivity contribution in [1.29, 1.82) is 0 Å². The molecule has 19 heavy (non-hydrogen) atoms. The lowest BCUT2D eigenvalue weighted by molar-refractivity contribution is 0.143. The summed E-state index contributed by atoms with van der Waals surface area (Å²) in [7, 11) is 0. The van der Waals surface area contributed by atoms with Gasteiger partial charge in [-0.05, 0) is 36.2 Å². The SMILES string of the molecule is NOCC/C=C/c1ccc(Oc2ccccc2)cc1. The maximum Gasteiger partial charge on any atom is 0.127 e. The van der Waals surface area contributed by atoms with E-state index in [1.807, 2.05) is 66.7 Å². The minimum atomic E-state index is 0.533. The zero-order valence-corrected chi connectivity index (χ0v) is 10.7. The summed E-state index contributed by atoms with van der Waals surface area (Å²) in [6.07, 6.45) is 4.87. The van der Waals surface area contributed by atoms with Gasteiger partial charge < -0.3 is 9.57 Å². The van der Waals surface area contributed by atoms with E-state index in [2.05, 4.69) is 4.84 Å². The van der Waals surface area contributed by atoms with Crippen LogP contribution in [-0.4, -0.2) is 6.61 Å². The molecule has 0 heterocycles. The van der Waals surface area contributed by atoms with E-state index in [-0.39, 0.29) is 0 Å². The summed E-state index contributed by atoms with van der Waals surface area (Å²) in [6.45, 7) is 0.533. The maximum atomic E-state index is 5.72. The van der Waals surface area contributed by atoms with Crippen molar-refractivity contribution in [1.82, 2.24) is 0 Å². The third kappa shape index (κ3) is 4.58. The number of hydrogen-bond acceptors (Lipinski definition) is 3. The number of para-hydroxylation sites is 1. The Hall–Kier alpha value is -2.10. The van der Waals surface area contributed by atoms with Crippen molar-refractivity contribution in [2.24, 2.45) is 5.90 Å². The van der Waals surface area contributed by atoms with E-state index >= 15 is 0 Å². The van der Waals surface area contributed by atoms with Crippen molar-refractivity contribution in [3.8, 4) is 11.5 Å². The van der Waals surface area contributed by atoms with Crippen molar-refractivity contribution in [3.05, 3.63) is 66.2 Å². The molecule has 0 saturated carbocycles. The fraction of sp³-hybridized carbons (Fsp3) is 0.125. The van der Waals surface area contributed by atoms with Crippen LogP contribution in [0.3, 0.4) is 0 Å². The van der Waals surface area contributed by atoms with Crippen LogP contribution in [0.4, 0.5) is 0 Å². The van der Waals surface area contributed by atoms with Crippen LogP contribution in [0.5, 0.6) is 11.5 Å². The van der Waals surface area contributed by atoms with Gasteiger partial charge in [0.05, 0.1) is 6.61 Å². The van der Waals surface area contributed by atoms with Crippen LogP contribution in [0, 0.1) is 0 Å². The van der Waals surface area contributed by atoms with Gasteiger partial charge in [0, 0.05) is 0 Å². The molecule has 0 aliphatic carbocycles. The predicted molar refractivity (Wildman–Crippen MR) is 76.7 cm³/mol. The Labute approximate surface area is 113 Å². The standard InChI is InChI=1S/C16H17NO2/c17-18-13-5-4-6-14-9-11-16(12-10-14)19-15-7-2-1-3-8-15/h1-4,6-12H,5,13,17H2/b6-4+. The number of nitrogens with two attached hydrogens (primary N) is 1. The van der Waals surface area contributed by atoms with Gasteiger partial charge in [-0.25, -0.2) is 5.90 Å². The first-order valence-electron chi connectivity index (χ1n) is 6.19. The van der Waals surface area contributed by atoms with Gasteiger partial charge in [0.1, 0.15) is 11.5 Å². The summed E-state index contributed by atoms with van der Waals surface area (Å²) in [4.78, 5) is 4.49. The molecule has 2 N–H and O–H groups in total. The van der Waals surface area contributed by atoms with Crippen molar-refractivity contribution in [3.63, 3.8) is 0 Å². The van der Waals surface area contributed by atoms with Crippen molar-refractivity contribution < 1.29 is 9.57 Å². The highest BCUT2D eigenvalue weighted by molar-refractivity contribution is 5.50. The fourth-order valence-electron chi connectivity index (χ4n) is 1.63. The van der Waals surface area contributed by atoms with E-state index in [0.717, 1.165) is 23.5 Å². The number of ether oxygens (including phenoxy) is 1. The highest BCUT2D eigenvalue weighted by atomic mass is 16.6. The minimum Gasteiger partial charge on any atom is -0.457 e. The second-order valence-electron chi connectivity index (χ2n) is 4.05. The smallest absolute Gasteiger partial charge is 0.127 e. The third-order valence-electron chi connectivity index (χ3n) is 2.57. The molecule has 98 valence electrons. The quantitative estimate of drug-likeness (QED) is 0.631. The predicted octanol–water partition coefficient (Wildman–Crippen LogP) is 3.77. The highest BCUT2D eigenvalue weighted by Crippen LogP contribution is 2.21. The number of benzene rings is 2. The zero-order valence-electron chi connectivity index (χ0n) is 10.7. The van der Waals surface area contributed by atoms with E-state index in [1.54, 1.807) is 0 Å². The summed E-state index contributed by atoms with van der Waals surface area (Å²) in [5, 5.41) is 0. The molecule has 0 fully saturated rings. The lowest BCUT2D eigenvalue weighted by atomic mass is 10.2. The molecule has 2 rings (SSSR count). The Morgan fingerprint density at radius 3 is 2.26 bits per heavy atom. The minimum absolute atomic E-state index is 0.533. The topological polar surface area (TPSA) is 44.5 Å². The van der Waals surface area contributed by atoms with Gasteiger partial charge in [-0.3, -0.25) is 0 Å². The second-order valence-corrected chi connectivity index (χ2v) is 4.05. The van der Waals surface area contributed by atoms with Crippen LogP contribution < -0.4 is 10.6 Å². The Bertz CT molecular complexity index is 506. The molecule has 0 radical (unpaired) electrons. The van der Waals surface area contributed by atoms with Gasteiger partial charge >= 0.3 is 0 Å². The fourth-order valence-corrected chi connectivity index (χ4v) is 1.63. The Morgan fingerprint density at radius 1 is 0.895 bits per heavy atom. The van der Waals surface area contributed by atoms with E-state index in [4.69, 9.17) is 10.6 Å². The number of rotatable bonds is 6. The summed E-state index contributed by atoms with van der Waals surface area (Å²) >= 11 is 0. The van der Waals surface area contributed by atoms with E-state index < -0.39 is 0 Å². The monoisotopic (exact) mass is 255 g/mol. The lowest BCUT2D eigenvalue weighted by Gasteiger charge is -2.05. The van der Waals surface area contributed by atoms with Crippen molar-refractivity contribution >= 4 is 6.08 Å². The van der Waals surface area contributed by atoms with Crippen LogP contribution in [-0.2, 0) is 4.84 Å². The summed E-state index contributed by atoms with van der Waals surface area (Å²) in [6, 6.07) is 17.7. The number of hydrogen-bond donors (Lipinski definition) is 1. The molecular formula is C16H17NO2. The average Bonchev–Trinajstić information content (AvgIpc) is 2.46. The van der Waals surface area contributed by atoms with Gasteiger partial charge in [0.15, 0.2) is 0 Å². The van der Waals surface area contributed by atoms with Crippen LogP contribution in [0.25, 0.3) is 6.08 Å². The van der Waals surface area contributed by atoms with Crippen LogP contribution in [0.2, 0.25) is 0 Å². The van der Waals surface area contributed by atoms with E-state index in [1.165, 1.54) is 0 Å². The Balaban J connectivity index is 1.93. The largest absolute Gasteiger partial charge is 0.457 e. The molecule has 2 aromatic rings. The second kappa shape index (κ2) is 7.36. The maximum absolute atomic E-state index is 5.72. The molecule has 0 aromatic heterocycles. The third-order valence-corrected chi connectivity index (χ3v) is 2.57. The first-order valence-corrected chi connectivity index (χ1v) is 6.19. The van der Waals surface area contributed by atoms with Gasteiger partial charge in [-0.15, -0.1) is 0 Å². The van der Waals surface area contributed by atoms with E-state index in [9.17, 15) is 0 Å². The van der Waals surface area contributed by atoms with Gasteiger partial charge in [-0.2, -0.15) is 0 Å². The molecule has 0 amide bonds. The summed E-state index contributed by atoms with van der Waals surface area (Å²) in [5.41, 5.74) is 1.12. The molecule has 2 aromatic carbocycles. The van der Waals surface area contributed by atoms with Gasteiger partial charge in [0.25, 0.3) is 0 Å². The first-order chi connectivity index (χ1) is 9.38. The molecule has 0 unspecified atom stereocenters. The Morgan fingerprint density at radius 2 is 1.58 bits per heavy atom. The van der Waals surface area contributed by atoms with E-state index in [0.29, 0.717) is 6.61 Å². The first kappa shape index (κ1) is 13.3. The lowest BCUT2D eigenvalue weighted by Crippen LogP contribution is -1.98. The van der Waals surface area contributed by atoms with Gasteiger partial charge in [0.2, 0.25) is 0 Å². The van der Waals surface area contributed by atoms with Crippen molar-refractivity contribution in [2.45, 2.75) is 6.42 Å². The molecule has 0 saturated heterocycles. The Kier molecular flexibility index (Phi) is 5.17. The molecule has 0 aliphatic heterocycles. The zero-order chi connectivity index (χ0) is 13.3. The summed E-state index contributed by atoms with van der Waals surface area (Å²) in [5.74, 6) is 6.62. The molecule has 0 aliphatic rings. The van der Waals surface area contributed by atoms with Crippen molar-refractivity contribution in [2.75, 3.05) is 6.61 Å². The molecular weight excluding hydrogens is 238 g/mol. The average molecular weight is 255 g/mol.